The Morgan fingerprint density at radius 3 is 2.48 bits per heavy atom. The van der Waals surface area contributed by atoms with Crippen molar-refractivity contribution in [2.45, 2.75) is 19.4 Å². The van der Waals surface area contributed by atoms with Gasteiger partial charge in [-0.2, -0.15) is 5.10 Å². The standard InChI is InChI=1S/C18H21N3/c1-4-16(21(2)3)14-11-8-12-15-17(14)18(20-19-15)13-9-6-5-7-10-13/h5-12,16H,4H2,1-3H3,(H,19,20). The number of aromatic amines is 1. The zero-order valence-corrected chi connectivity index (χ0v) is 12.8. The molecule has 0 aliphatic heterocycles. The van der Waals surface area contributed by atoms with Gasteiger partial charge in [-0.3, -0.25) is 5.10 Å². The van der Waals surface area contributed by atoms with Crippen LogP contribution in [-0.2, 0) is 0 Å². The summed E-state index contributed by atoms with van der Waals surface area (Å²) in [6.45, 7) is 2.23. The molecular formula is C18H21N3. The number of fused-ring (bicyclic) bond motifs is 1. The number of H-pyrrole nitrogens is 1. The van der Waals surface area contributed by atoms with Crippen molar-refractivity contribution in [2.75, 3.05) is 14.1 Å². The summed E-state index contributed by atoms with van der Waals surface area (Å²) in [5.41, 5.74) is 4.64. The van der Waals surface area contributed by atoms with Crippen molar-refractivity contribution >= 4 is 10.9 Å². The minimum absolute atomic E-state index is 0.397. The average Bonchev–Trinajstić information content (AvgIpc) is 2.93. The second-order valence-corrected chi connectivity index (χ2v) is 5.60. The number of nitrogens with one attached hydrogen (secondary N) is 1. The van der Waals surface area contributed by atoms with E-state index in [4.69, 9.17) is 0 Å². The number of nitrogens with zero attached hydrogens (tertiary/aromatic N) is 2. The minimum atomic E-state index is 0.397. The van der Waals surface area contributed by atoms with Gasteiger partial charge in [0, 0.05) is 17.0 Å². The van der Waals surface area contributed by atoms with E-state index in [0.29, 0.717) is 6.04 Å². The van der Waals surface area contributed by atoms with E-state index in [-0.39, 0.29) is 0 Å². The van der Waals surface area contributed by atoms with Gasteiger partial charge in [0.15, 0.2) is 0 Å². The summed E-state index contributed by atoms with van der Waals surface area (Å²) in [5, 5.41) is 8.98. The Morgan fingerprint density at radius 1 is 1.05 bits per heavy atom. The molecular weight excluding hydrogens is 258 g/mol. The summed E-state index contributed by atoms with van der Waals surface area (Å²) in [6, 6.07) is 17.2. The van der Waals surface area contributed by atoms with E-state index < -0.39 is 0 Å². The molecule has 2 aromatic carbocycles. The molecule has 0 radical (unpaired) electrons. The third-order valence-corrected chi connectivity index (χ3v) is 4.04. The molecule has 0 aliphatic rings. The molecule has 0 fully saturated rings. The smallest absolute Gasteiger partial charge is 0.100 e. The summed E-state index contributed by atoms with van der Waals surface area (Å²) in [5.74, 6) is 0. The van der Waals surface area contributed by atoms with Crippen molar-refractivity contribution in [2.24, 2.45) is 0 Å². The van der Waals surface area contributed by atoms with E-state index in [9.17, 15) is 0 Å². The van der Waals surface area contributed by atoms with Crippen LogP contribution in [0.15, 0.2) is 48.5 Å². The Bertz CT molecular complexity index is 729. The number of benzene rings is 2. The Hall–Kier alpha value is -2.13. The summed E-state index contributed by atoms with van der Waals surface area (Å²) >= 11 is 0. The Kier molecular flexibility index (Phi) is 3.76. The van der Waals surface area contributed by atoms with Gasteiger partial charge in [0.05, 0.1) is 5.52 Å². The van der Waals surface area contributed by atoms with Crippen molar-refractivity contribution in [3.63, 3.8) is 0 Å². The van der Waals surface area contributed by atoms with Crippen LogP contribution >= 0.6 is 0 Å². The van der Waals surface area contributed by atoms with Gasteiger partial charge in [0.1, 0.15) is 5.69 Å². The fourth-order valence-electron chi connectivity index (χ4n) is 3.05. The first-order valence-corrected chi connectivity index (χ1v) is 7.41. The molecule has 3 aromatic rings. The Labute approximate surface area is 125 Å². The van der Waals surface area contributed by atoms with Gasteiger partial charge in [-0.1, -0.05) is 49.4 Å². The molecule has 21 heavy (non-hydrogen) atoms. The van der Waals surface area contributed by atoms with E-state index in [1.807, 2.05) is 6.07 Å². The largest absolute Gasteiger partial charge is 0.302 e. The van der Waals surface area contributed by atoms with Gasteiger partial charge in [-0.05, 0) is 32.1 Å². The van der Waals surface area contributed by atoms with Gasteiger partial charge in [0.25, 0.3) is 0 Å². The molecule has 0 bridgehead atoms. The maximum atomic E-state index is 4.56. The van der Waals surface area contributed by atoms with Crippen LogP contribution in [0.25, 0.3) is 22.2 Å². The maximum absolute atomic E-state index is 4.56. The maximum Gasteiger partial charge on any atom is 0.100 e. The topological polar surface area (TPSA) is 31.9 Å². The van der Waals surface area contributed by atoms with Gasteiger partial charge in [-0.25, -0.2) is 0 Å². The third-order valence-electron chi connectivity index (χ3n) is 4.04. The van der Waals surface area contributed by atoms with Crippen molar-refractivity contribution in [1.82, 2.24) is 15.1 Å². The predicted molar refractivity (Wildman–Crippen MR) is 88.2 cm³/mol. The van der Waals surface area contributed by atoms with Crippen LogP contribution in [-0.4, -0.2) is 29.2 Å². The first-order valence-electron chi connectivity index (χ1n) is 7.41. The summed E-state index contributed by atoms with van der Waals surface area (Å²) in [4.78, 5) is 2.27. The fraction of sp³-hybridized carbons (Fsp3) is 0.278. The molecule has 3 heteroatoms. The van der Waals surface area contributed by atoms with Crippen LogP contribution in [0.1, 0.15) is 24.9 Å². The monoisotopic (exact) mass is 279 g/mol. The summed E-state index contributed by atoms with van der Waals surface area (Å²) in [7, 11) is 4.27. The third kappa shape index (κ3) is 2.45. The van der Waals surface area contributed by atoms with Crippen molar-refractivity contribution < 1.29 is 0 Å². The Balaban J connectivity index is 2.24. The van der Waals surface area contributed by atoms with Gasteiger partial charge < -0.3 is 4.90 Å². The Morgan fingerprint density at radius 2 is 1.81 bits per heavy atom. The van der Waals surface area contributed by atoms with E-state index in [1.165, 1.54) is 10.9 Å². The van der Waals surface area contributed by atoms with E-state index in [1.54, 1.807) is 0 Å². The number of aromatic nitrogens is 2. The van der Waals surface area contributed by atoms with E-state index in [2.05, 4.69) is 78.6 Å². The number of hydrogen-bond acceptors (Lipinski definition) is 2. The highest BCUT2D eigenvalue weighted by molar-refractivity contribution is 5.95. The molecule has 0 saturated heterocycles. The van der Waals surface area contributed by atoms with E-state index in [0.717, 1.165) is 23.2 Å². The molecule has 108 valence electrons. The molecule has 0 spiro atoms. The summed E-state index contributed by atoms with van der Waals surface area (Å²) in [6.07, 6.45) is 1.07. The molecule has 1 unspecified atom stereocenters. The molecule has 0 saturated carbocycles. The van der Waals surface area contributed by atoms with Crippen LogP contribution in [0, 0.1) is 0 Å². The molecule has 0 amide bonds. The quantitative estimate of drug-likeness (QED) is 0.774. The highest BCUT2D eigenvalue weighted by atomic mass is 15.1. The molecule has 3 nitrogen and oxygen atoms in total. The second kappa shape index (κ2) is 5.70. The lowest BCUT2D eigenvalue weighted by Gasteiger charge is -2.24. The fourth-order valence-corrected chi connectivity index (χ4v) is 3.05. The molecule has 1 heterocycles. The molecule has 1 N–H and O–H groups in total. The molecule has 1 aromatic heterocycles. The van der Waals surface area contributed by atoms with Crippen LogP contribution in [0.2, 0.25) is 0 Å². The lowest BCUT2D eigenvalue weighted by Crippen LogP contribution is -2.19. The van der Waals surface area contributed by atoms with Crippen molar-refractivity contribution in [3.05, 3.63) is 54.1 Å². The summed E-state index contributed by atoms with van der Waals surface area (Å²) < 4.78 is 0. The van der Waals surface area contributed by atoms with Crippen LogP contribution in [0.3, 0.4) is 0 Å². The zero-order chi connectivity index (χ0) is 14.8. The second-order valence-electron chi connectivity index (χ2n) is 5.60. The van der Waals surface area contributed by atoms with Gasteiger partial charge in [0.2, 0.25) is 0 Å². The van der Waals surface area contributed by atoms with E-state index >= 15 is 0 Å². The SMILES string of the molecule is CCC(c1cccc2[nH]nc(-c3ccccc3)c12)N(C)C. The van der Waals surface area contributed by atoms with Crippen LogP contribution in [0.4, 0.5) is 0 Å². The number of hydrogen-bond donors (Lipinski definition) is 1. The molecule has 1 atom stereocenters. The first kappa shape index (κ1) is 13.8. The van der Waals surface area contributed by atoms with Crippen LogP contribution < -0.4 is 0 Å². The van der Waals surface area contributed by atoms with Crippen molar-refractivity contribution in [3.8, 4) is 11.3 Å². The van der Waals surface area contributed by atoms with Crippen LogP contribution in [0.5, 0.6) is 0 Å². The molecule has 0 aliphatic carbocycles. The highest BCUT2D eigenvalue weighted by Gasteiger charge is 2.19. The highest BCUT2D eigenvalue weighted by Crippen LogP contribution is 2.34. The normalized spacial score (nSPS) is 13.0. The lowest BCUT2D eigenvalue weighted by molar-refractivity contribution is 0.294. The molecule has 3 rings (SSSR count). The zero-order valence-electron chi connectivity index (χ0n) is 12.8. The number of rotatable bonds is 4. The minimum Gasteiger partial charge on any atom is -0.302 e. The predicted octanol–water partition coefficient (Wildman–Crippen LogP) is 4.24. The lowest BCUT2D eigenvalue weighted by atomic mass is 9.96. The average molecular weight is 279 g/mol. The van der Waals surface area contributed by atoms with Crippen molar-refractivity contribution in [1.29, 1.82) is 0 Å². The first-order chi connectivity index (χ1) is 10.2. The van der Waals surface area contributed by atoms with Gasteiger partial charge in [-0.15, -0.1) is 0 Å². The van der Waals surface area contributed by atoms with Gasteiger partial charge >= 0.3 is 0 Å².